The summed E-state index contributed by atoms with van der Waals surface area (Å²) in [5, 5.41) is 6.01. The largest absolute Gasteiger partial charge is 0.494 e. The molecule has 170 valence electrons. The summed E-state index contributed by atoms with van der Waals surface area (Å²) in [6.45, 7) is 0.204. The van der Waals surface area contributed by atoms with Crippen LogP contribution in [0.5, 0.6) is 5.75 Å². The van der Waals surface area contributed by atoms with Crippen molar-refractivity contribution >= 4 is 40.5 Å². The van der Waals surface area contributed by atoms with Crippen LogP contribution in [0.15, 0.2) is 48.9 Å². The number of hydrogen-bond donors (Lipinski definition) is 2. The quantitative estimate of drug-likeness (QED) is 0.427. The molecule has 2 N–H and O–H groups in total. The number of nitrogens with zero attached hydrogens (tertiary/aromatic N) is 5. The van der Waals surface area contributed by atoms with Crippen LogP contribution >= 0.6 is 11.6 Å². The molecule has 0 bridgehead atoms. The second kappa shape index (κ2) is 9.29. The van der Waals surface area contributed by atoms with Crippen LogP contribution in [0.3, 0.4) is 0 Å². The fourth-order valence-corrected chi connectivity index (χ4v) is 3.47. The monoisotopic (exact) mass is 469 g/mol. The molecule has 0 atom stereocenters. The highest BCUT2D eigenvalue weighted by Crippen LogP contribution is 2.33. The molecule has 0 aliphatic carbocycles. The molecule has 1 aromatic carbocycles. The second-order valence-corrected chi connectivity index (χ2v) is 7.53. The highest BCUT2D eigenvalue weighted by atomic mass is 35.5. The van der Waals surface area contributed by atoms with Gasteiger partial charge in [0.1, 0.15) is 11.4 Å². The summed E-state index contributed by atoms with van der Waals surface area (Å²) in [5.74, 6) is 0.255. The molecule has 4 rings (SSSR count). The number of carbonyl (C=O) groups excluding carboxylic acids is 1. The van der Waals surface area contributed by atoms with E-state index in [1.54, 1.807) is 47.9 Å². The summed E-state index contributed by atoms with van der Waals surface area (Å²) in [5.41, 5.74) is 2.51. The van der Waals surface area contributed by atoms with Gasteiger partial charge in [0.25, 0.3) is 0 Å². The van der Waals surface area contributed by atoms with Gasteiger partial charge in [0.2, 0.25) is 11.9 Å². The molecule has 0 saturated carbocycles. The summed E-state index contributed by atoms with van der Waals surface area (Å²) in [6.07, 6.45) is 4.65. The number of pyridine rings is 1. The number of nitrogens with one attached hydrogen (secondary N) is 2. The molecular formula is C22H21ClFN7O2. The van der Waals surface area contributed by atoms with Gasteiger partial charge in [-0.2, -0.15) is 0 Å². The number of rotatable bonds is 7. The molecule has 0 radical (unpaired) electrons. The highest BCUT2D eigenvalue weighted by molar-refractivity contribution is 6.32. The van der Waals surface area contributed by atoms with Gasteiger partial charge in [0.05, 0.1) is 42.5 Å². The predicted octanol–water partition coefficient (Wildman–Crippen LogP) is 3.52. The van der Waals surface area contributed by atoms with Crippen molar-refractivity contribution in [1.29, 1.82) is 0 Å². The molecule has 3 heterocycles. The first-order valence-electron chi connectivity index (χ1n) is 9.92. The van der Waals surface area contributed by atoms with Crippen molar-refractivity contribution in [2.75, 3.05) is 38.0 Å². The lowest BCUT2D eigenvalue weighted by Crippen LogP contribution is -2.32. The normalized spacial score (nSPS) is 10.8. The van der Waals surface area contributed by atoms with Gasteiger partial charge in [-0.1, -0.05) is 11.6 Å². The van der Waals surface area contributed by atoms with Crippen LogP contribution in [-0.2, 0) is 4.79 Å². The Morgan fingerprint density at radius 2 is 2.09 bits per heavy atom. The lowest BCUT2D eigenvalue weighted by atomic mass is 10.2. The van der Waals surface area contributed by atoms with E-state index in [1.807, 2.05) is 13.1 Å². The van der Waals surface area contributed by atoms with Crippen molar-refractivity contribution in [2.45, 2.75) is 0 Å². The average molecular weight is 470 g/mol. The Morgan fingerprint density at radius 3 is 2.85 bits per heavy atom. The number of fused-ring (bicyclic) bond motifs is 1. The predicted molar refractivity (Wildman–Crippen MR) is 125 cm³/mol. The number of halogens is 2. The highest BCUT2D eigenvalue weighted by Gasteiger charge is 2.16. The zero-order chi connectivity index (χ0) is 23.5. The maximum absolute atomic E-state index is 14.0. The molecule has 3 aromatic heterocycles. The topological polar surface area (TPSA) is 96.7 Å². The second-order valence-electron chi connectivity index (χ2n) is 7.12. The smallest absolute Gasteiger partial charge is 0.239 e. The Labute approximate surface area is 194 Å². The Morgan fingerprint density at radius 1 is 1.27 bits per heavy atom. The van der Waals surface area contributed by atoms with Crippen LogP contribution in [0.4, 0.5) is 21.7 Å². The number of ether oxygens (including phenoxy) is 1. The third-order valence-electron chi connectivity index (χ3n) is 5.01. The number of amides is 1. The van der Waals surface area contributed by atoms with E-state index in [-0.39, 0.29) is 24.0 Å². The first-order chi connectivity index (χ1) is 15.9. The van der Waals surface area contributed by atoms with Crippen LogP contribution < -0.4 is 20.3 Å². The molecule has 0 fully saturated rings. The van der Waals surface area contributed by atoms with Gasteiger partial charge in [0, 0.05) is 32.0 Å². The van der Waals surface area contributed by atoms with Gasteiger partial charge < -0.3 is 20.3 Å². The lowest BCUT2D eigenvalue weighted by molar-refractivity contribution is -0.119. The number of likely N-dealkylation sites (N-methyl/N-ethyl adjacent to an activating group) is 2. The van der Waals surface area contributed by atoms with Crippen molar-refractivity contribution < 1.29 is 13.9 Å². The zero-order valence-corrected chi connectivity index (χ0v) is 18.9. The molecule has 0 aliphatic heterocycles. The van der Waals surface area contributed by atoms with E-state index in [0.717, 1.165) is 5.69 Å². The van der Waals surface area contributed by atoms with Crippen molar-refractivity contribution in [3.05, 3.63) is 59.8 Å². The van der Waals surface area contributed by atoms with Gasteiger partial charge in [-0.15, -0.1) is 0 Å². The molecule has 0 aliphatic rings. The third kappa shape index (κ3) is 4.51. The van der Waals surface area contributed by atoms with Gasteiger partial charge in [-0.3, -0.25) is 9.20 Å². The Hall–Kier alpha value is -3.92. The lowest BCUT2D eigenvalue weighted by Gasteiger charge is -2.20. The van der Waals surface area contributed by atoms with Crippen LogP contribution in [-0.4, -0.2) is 53.0 Å². The molecule has 33 heavy (non-hydrogen) atoms. The van der Waals surface area contributed by atoms with Gasteiger partial charge in [-0.05, 0) is 24.3 Å². The molecule has 0 spiro atoms. The minimum Gasteiger partial charge on any atom is -0.494 e. The van der Waals surface area contributed by atoms with Crippen LogP contribution in [0.2, 0.25) is 5.02 Å². The molecular weight excluding hydrogens is 449 g/mol. The molecule has 11 heteroatoms. The molecule has 1 amide bonds. The number of methoxy groups -OCH3 is 1. The van der Waals surface area contributed by atoms with Crippen molar-refractivity contribution in [2.24, 2.45) is 0 Å². The van der Waals surface area contributed by atoms with Crippen molar-refractivity contribution in [1.82, 2.24) is 24.7 Å². The number of imidazole rings is 1. The van der Waals surface area contributed by atoms with E-state index in [2.05, 4.69) is 25.6 Å². The van der Waals surface area contributed by atoms with E-state index in [9.17, 15) is 9.18 Å². The zero-order valence-electron chi connectivity index (χ0n) is 18.1. The Kier molecular flexibility index (Phi) is 6.27. The summed E-state index contributed by atoms with van der Waals surface area (Å²) >= 11 is 6.35. The molecule has 0 unspecified atom stereocenters. The van der Waals surface area contributed by atoms with Crippen LogP contribution in [0, 0.1) is 5.82 Å². The van der Waals surface area contributed by atoms with Crippen molar-refractivity contribution in [3.63, 3.8) is 0 Å². The molecule has 9 nitrogen and oxygen atoms in total. The third-order valence-corrected chi connectivity index (χ3v) is 5.28. The minimum atomic E-state index is -0.446. The fourth-order valence-electron chi connectivity index (χ4n) is 3.29. The summed E-state index contributed by atoms with van der Waals surface area (Å²) in [4.78, 5) is 26.4. The first-order valence-corrected chi connectivity index (χ1v) is 10.3. The van der Waals surface area contributed by atoms with E-state index >= 15 is 0 Å². The van der Waals surface area contributed by atoms with E-state index in [0.29, 0.717) is 27.8 Å². The van der Waals surface area contributed by atoms with Gasteiger partial charge in [-0.25, -0.2) is 19.3 Å². The number of anilines is 3. The molecule has 0 saturated heterocycles. The number of hydrogen-bond acceptors (Lipinski definition) is 7. The van der Waals surface area contributed by atoms with Crippen LogP contribution in [0.25, 0.3) is 17.0 Å². The van der Waals surface area contributed by atoms with E-state index in [4.69, 9.17) is 16.3 Å². The van der Waals surface area contributed by atoms with E-state index < -0.39 is 5.82 Å². The standard InChI is InChI=1S/C22H21ClFN7O2/c1-25-19(32)12-30(2)13-6-7-16(18(9-13)33-3)28-22-27-10-14(23)20(29-22)17-11-26-21-15(24)5-4-8-31(17)21/h4-11H,12H2,1-3H3,(H,25,32)(H,27,28,29). The maximum Gasteiger partial charge on any atom is 0.239 e. The minimum absolute atomic E-state index is 0.104. The van der Waals surface area contributed by atoms with Crippen LogP contribution in [0.1, 0.15) is 0 Å². The van der Waals surface area contributed by atoms with Gasteiger partial charge >= 0.3 is 0 Å². The first kappa shape index (κ1) is 22.3. The Bertz CT molecular complexity index is 1330. The number of carbonyl (C=O) groups is 1. The fraction of sp³-hybridized carbons (Fsp3) is 0.182. The number of benzene rings is 1. The van der Waals surface area contributed by atoms with Gasteiger partial charge in [0.15, 0.2) is 11.5 Å². The summed E-state index contributed by atoms with van der Waals surface area (Å²) in [6, 6.07) is 8.36. The number of aromatic nitrogens is 4. The SMILES string of the molecule is CNC(=O)CN(C)c1ccc(Nc2ncc(Cl)c(-c3cnc4c(F)cccn34)n2)c(OC)c1. The van der Waals surface area contributed by atoms with E-state index in [1.165, 1.54) is 18.5 Å². The summed E-state index contributed by atoms with van der Waals surface area (Å²) < 4.78 is 21.1. The molecule has 4 aromatic rings. The Balaban J connectivity index is 1.65. The average Bonchev–Trinajstić information content (AvgIpc) is 3.25. The van der Waals surface area contributed by atoms with Crippen molar-refractivity contribution in [3.8, 4) is 17.1 Å². The maximum atomic E-state index is 14.0. The summed E-state index contributed by atoms with van der Waals surface area (Å²) in [7, 11) is 4.95.